The van der Waals surface area contributed by atoms with Gasteiger partial charge in [-0.15, -0.1) is 24.0 Å². The monoisotopic (exact) mass is 456 g/mol. The summed E-state index contributed by atoms with van der Waals surface area (Å²) in [5, 5.41) is 6.55. The van der Waals surface area contributed by atoms with E-state index in [1.54, 1.807) is 11.9 Å². The Morgan fingerprint density at radius 3 is 2.46 bits per heavy atom. The molecule has 0 aromatic carbocycles. The Hall–Kier alpha value is -0.770. The van der Waals surface area contributed by atoms with Crippen LogP contribution in [0.15, 0.2) is 4.99 Å². The van der Waals surface area contributed by atoms with Crippen molar-refractivity contribution in [1.29, 1.82) is 0 Å². The predicted octanol–water partition coefficient (Wildman–Crippen LogP) is 2.20. The molecule has 1 aliphatic heterocycles. The van der Waals surface area contributed by atoms with Gasteiger partial charge in [0.25, 0.3) is 0 Å². The summed E-state index contributed by atoms with van der Waals surface area (Å²) in [5.41, 5.74) is -0.453. The average Bonchev–Trinajstić information content (AvgIpc) is 2.36. The minimum atomic E-state index is -0.453. The minimum Gasteiger partial charge on any atom is -0.444 e. The molecule has 1 heterocycles. The molecule has 142 valence electrons. The number of carbonyl (C=O) groups excluding carboxylic acids is 1. The molecule has 0 aromatic rings. The van der Waals surface area contributed by atoms with Crippen LogP contribution in [0.25, 0.3) is 0 Å². The van der Waals surface area contributed by atoms with E-state index in [9.17, 15) is 4.79 Å². The van der Waals surface area contributed by atoms with Crippen molar-refractivity contribution < 1.29 is 14.3 Å². The number of amides is 1. The highest BCUT2D eigenvalue weighted by molar-refractivity contribution is 14.0. The maximum Gasteiger partial charge on any atom is 0.410 e. The minimum absolute atomic E-state index is 0. The molecule has 7 nitrogen and oxygen atoms in total. The highest BCUT2D eigenvalue weighted by Gasteiger charge is 2.34. The van der Waals surface area contributed by atoms with E-state index in [-0.39, 0.29) is 42.2 Å². The van der Waals surface area contributed by atoms with Crippen molar-refractivity contribution in [3.05, 3.63) is 0 Å². The lowest BCUT2D eigenvalue weighted by atomic mass is 10.1. The molecule has 1 rings (SSSR count). The molecule has 0 aromatic heterocycles. The van der Waals surface area contributed by atoms with Gasteiger partial charge in [-0.2, -0.15) is 0 Å². The summed E-state index contributed by atoms with van der Waals surface area (Å²) in [7, 11) is 1.74. The Morgan fingerprint density at radius 1 is 1.33 bits per heavy atom. The molecule has 0 bridgehead atoms. The van der Waals surface area contributed by atoms with E-state index in [1.807, 2.05) is 34.6 Å². The molecule has 0 atom stereocenters. The number of likely N-dealkylation sites (tertiary alicyclic amines) is 1. The number of ether oxygens (including phenoxy) is 2. The zero-order valence-electron chi connectivity index (χ0n) is 15.7. The van der Waals surface area contributed by atoms with Gasteiger partial charge < -0.3 is 25.0 Å². The first-order valence-electron chi connectivity index (χ1n) is 8.28. The lowest BCUT2D eigenvalue weighted by Crippen LogP contribution is -2.63. The van der Waals surface area contributed by atoms with Gasteiger partial charge in [0.05, 0.1) is 12.1 Å². The van der Waals surface area contributed by atoms with Crippen molar-refractivity contribution in [1.82, 2.24) is 15.5 Å². The largest absolute Gasteiger partial charge is 0.444 e. The molecule has 1 amide bonds. The Labute approximate surface area is 162 Å². The molecule has 0 saturated carbocycles. The lowest BCUT2D eigenvalue weighted by molar-refractivity contribution is 0.00699. The van der Waals surface area contributed by atoms with Crippen LogP contribution < -0.4 is 10.6 Å². The number of halogens is 1. The lowest BCUT2D eigenvalue weighted by Gasteiger charge is -2.40. The zero-order valence-corrected chi connectivity index (χ0v) is 18.0. The maximum atomic E-state index is 11.9. The van der Waals surface area contributed by atoms with Crippen molar-refractivity contribution in [3.63, 3.8) is 0 Å². The Kier molecular flexibility index (Phi) is 10.6. The predicted molar refractivity (Wildman–Crippen MR) is 107 cm³/mol. The molecule has 0 spiro atoms. The number of aliphatic imine (C=N–C) groups is 1. The third kappa shape index (κ3) is 9.51. The van der Waals surface area contributed by atoms with Crippen LogP contribution in [0.4, 0.5) is 4.79 Å². The number of hydrogen-bond acceptors (Lipinski definition) is 4. The van der Waals surface area contributed by atoms with Gasteiger partial charge in [0, 0.05) is 33.3 Å². The first-order chi connectivity index (χ1) is 10.7. The number of guanidine groups is 1. The van der Waals surface area contributed by atoms with Crippen LogP contribution in [-0.2, 0) is 9.47 Å². The smallest absolute Gasteiger partial charge is 0.410 e. The molecular weight excluding hydrogens is 423 g/mol. The number of nitrogens with zero attached hydrogens (tertiary/aromatic N) is 2. The molecule has 0 unspecified atom stereocenters. The third-order valence-electron chi connectivity index (χ3n) is 3.16. The molecular formula is C16H33IN4O3. The normalized spacial score (nSPS) is 15.6. The van der Waals surface area contributed by atoms with Crippen LogP contribution in [0.5, 0.6) is 0 Å². The van der Waals surface area contributed by atoms with Gasteiger partial charge in [0.1, 0.15) is 5.60 Å². The number of carbonyl (C=O) groups is 1. The first-order valence-corrected chi connectivity index (χ1v) is 8.28. The summed E-state index contributed by atoms with van der Waals surface area (Å²) in [6, 6.07) is 0.209. The van der Waals surface area contributed by atoms with Crippen LogP contribution in [-0.4, -0.2) is 68.0 Å². The van der Waals surface area contributed by atoms with Gasteiger partial charge >= 0.3 is 6.09 Å². The molecule has 2 N–H and O–H groups in total. The molecule has 24 heavy (non-hydrogen) atoms. The Morgan fingerprint density at radius 2 is 1.96 bits per heavy atom. The zero-order chi connectivity index (χ0) is 17.5. The van der Waals surface area contributed by atoms with E-state index in [1.165, 1.54) is 0 Å². The fraction of sp³-hybridized carbons (Fsp3) is 0.875. The van der Waals surface area contributed by atoms with E-state index in [0.29, 0.717) is 13.1 Å². The average molecular weight is 456 g/mol. The van der Waals surface area contributed by atoms with Gasteiger partial charge in [-0.1, -0.05) is 0 Å². The fourth-order valence-corrected chi connectivity index (χ4v) is 2.03. The second-order valence-electron chi connectivity index (χ2n) is 7.00. The van der Waals surface area contributed by atoms with Crippen molar-refractivity contribution in [3.8, 4) is 0 Å². The fourth-order valence-electron chi connectivity index (χ4n) is 2.03. The summed E-state index contributed by atoms with van der Waals surface area (Å²) in [5.74, 6) is 0.753. The standard InChI is InChI=1S/C16H32N4O3.HI/c1-12(2)22-9-7-8-18-14(17-6)19-13-10-20(11-13)15(21)23-16(3,4)5;/h12-13H,7-11H2,1-6H3,(H2,17,18,19);1H. The summed E-state index contributed by atoms with van der Waals surface area (Å²) in [6.45, 7) is 12.5. The van der Waals surface area contributed by atoms with Gasteiger partial charge in [-0.3, -0.25) is 4.99 Å². The van der Waals surface area contributed by atoms with Gasteiger partial charge in [0.2, 0.25) is 0 Å². The highest BCUT2D eigenvalue weighted by atomic mass is 127. The van der Waals surface area contributed by atoms with E-state index < -0.39 is 5.60 Å². The SMILES string of the molecule is CN=C(NCCCOC(C)C)NC1CN(C(=O)OC(C)(C)C)C1.I. The molecule has 1 fully saturated rings. The number of nitrogens with one attached hydrogen (secondary N) is 2. The van der Waals surface area contributed by atoms with Gasteiger partial charge in [-0.05, 0) is 41.0 Å². The van der Waals surface area contributed by atoms with Crippen LogP contribution in [0.1, 0.15) is 41.0 Å². The van der Waals surface area contributed by atoms with Crippen LogP contribution >= 0.6 is 24.0 Å². The second kappa shape index (κ2) is 11.0. The van der Waals surface area contributed by atoms with Gasteiger partial charge in [-0.25, -0.2) is 4.79 Å². The summed E-state index contributed by atoms with van der Waals surface area (Å²) in [4.78, 5) is 17.7. The van der Waals surface area contributed by atoms with Crippen molar-refractivity contribution in [2.45, 2.75) is 58.8 Å². The summed E-state index contributed by atoms with van der Waals surface area (Å²) >= 11 is 0. The Balaban J connectivity index is 0.00000529. The first kappa shape index (κ1) is 23.2. The van der Waals surface area contributed by atoms with Gasteiger partial charge in [0.15, 0.2) is 5.96 Å². The van der Waals surface area contributed by atoms with Crippen LogP contribution in [0.2, 0.25) is 0 Å². The summed E-state index contributed by atoms with van der Waals surface area (Å²) in [6.07, 6.45) is 0.929. The molecule has 0 aliphatic carbocycles. The summed E-state index contributed by atoms with van der Waals surface area (Å²) < 4.78 is 10.8. The third-order valence-corrected chi connectivity index (χ3v) is 3.16. The molecule has 0 radical (unpaired) electrons. The van der Waals surface area contributed by atoms with Crippen LogP contribution in [0.3, 0.4) is 0 Å². The molecule has 1 saturated heterocycles. The Bertz CT molecular complexity index is 405. The topological polar surface area (TPSA) is 75.2 Å². The van der Waals surface area contributed by atoms with E-state index in [4.69, 9.17) is 9.47 Å². The highest BCUT2D eigenvalue weighted by Crippen LogP contribution is 2.15. The van der Waals surface area contributed by atoms with Crippen molar-refractivity contribution >= 4 is 36.0 Å². The quantitative estimate of drug-likeness (QED) is 0.278. The molecule has 8 heteroatoms. The van der Waals surface area contributed by atoms with E-state index in [0.717, 1.165) is 25.5 Å². The van der Waals surface area contributed by atoms with E-state index >= 15 is 0 Å². The second-order valence-corrected chi connectivity index (χ2v) is 7.00. The number of hydrogen-bond donors (Lipinski definition) is 2. The number of rotatable bonds is 6. The molecule has 1 aliphatic rings. The van der Waals surface area contributed by atoms with Crippen molar-refractivity contribution in [2.24, 2.45) is 4.99 Å². The van der Waals surface area contributed by atoms with Crippen LogP contribution in [0, 0.1) is 0 Å². The van der Waals surface area contributed by atoms with Crippen molar-refractivity contribution in [2.75, 3.05) is 33.3 Å². The van der Waals surface area contributed by atoms with E-state index in [2.05, 4.69) is 15.6 Å². The maximum absolute atomic E-state index is 11.9.